The zero-order valence-corrected chi connectivity index (χ0v) is 6.50. The van der Waals surface area contributed by atoms with E-state index in [1.807, 2.05) is 0 Å². The van der Waals surface area contributed by atoms with Gasteiger partial charge in [0.25, 0.3) is 5.91 Å². The molecule has 0 atom stereocenters. The monoisotopic (exact) mass is 169 g/mol. The third-order valence-corrected chi connectivity index (χ3v) is 1.44. The molecule has 12 heavy (non-hydrogen) atoms. The molecule has 0 fully saturated rings. The number of nitrogens with two attached hydrogens (primary N) is 1. The van der Waals surface area contributed by atoms with Crippen LogP contribution in [0.5, 0.6) is 5.75 Å². The number of ether oxygens (including phenoxy) is 1. The number of primary amides is 1. The van der Waals surface area contributed by atoms with Crippen molar-refractivity contribution in [1.82, 2.24) is 0 Å². The molecule has 0 aliphatic carbocycles. The van der Waals surface area contributed by atoms with Crippen LogP contribution in [0.2, 0.25) is 0 Å². The molecular formula is C8H8FNO2. The van der Waals surface area contributed by atoms with Crippen LogP contribution in [0.15, 0.2) is 18.2 Å². The van der Waals surface area contributed by atoms with Crippen LogP contribution in [-0.4, -0.2) is 13.0 Å². The lowest BCUT2D eigenvalue weighted by molar-refractivity contribution is 0.0996. The molecule has 0 spiro atoms. The second-order valence-corrected chi connectivity index (χ2v) is 2.21. The number of hydrogen-bond acceptors (Lipinski definition) is 2. The summed E-state index contributed by atoms with van der Waals surface area (Å²) >= 11 is 0. The second-order valence-electron chi connectivity index (χ2n) is 2.21. The van der Waals surface area contributed by atoms with Crippen LogP contribution < -0.4 is 10.5 Å². The van der Waals surface area contributed by atoms with Gasteiger partial charge in [-0.05, 0) is 12.1 Å². The fourth-order valence-electron chi connectivity index (χ4n) is 0.823. The maximum absolute atomic E-state index is 12.9. The normalized spacial score (nSPS) is 9.50. The topological polar surface area (TPSA) is 52.3 Å². The van der Waals surface area contributed by atoms with Crippen molar-refractivity contribution in [2.45, 2.75) is 0 Å². The number of benzene rings is 1. The number of hydrogen-bond donors (Lipinski definition) is 1. The minimum Gasteiger partial charge on any atom is -0.497 e. The first-order valence-electron chi connectivity index (χ1n) is 3.28. The molecule has 0 aromatic heterocycles. The number of amides is 1. The average molecular weight is 169 g/mol. The minimum atomic E-state index is -0.782. The molecule has 0 saturated heterocycles. The van der Waals surface area contributed by atoms with Gasteiger partial charge in [-0.15, -0.1) is 0 Å². The Hall–Kier alpha value is -1.58. The van der Waals surface area contributed by atoms with E-state index in [0.717, 1.165) is 6.07 Å². The van der Waals surface area contributed by atoms with Gasteiger partial charge in [-0.2, -0.15) is 0 Å². The smallest absolute Gasteiger partial charge is 0.251 e. The fourth-order valence-corrected chi connectivity index (χ4v) is 0.823. The maximum Gasteiger partial charge on any atom is 0.251 e. The summed E-state index contributed by atoms with van der Waals surface area (Å²) in [5.41, 5.74) is 4.76. The molecule has 1 aromatic rings. The van der Waals surface area contributed by atoms with E-state index < -0.39 is 11.7 Å². The van der Waals surface area contributed by atoms with Crippen molar-refractivity contribution < 1.29 is 13.9 Å². The fraction of sp³-hybridized carbons (Fsp3) is 0.125. The Balaban J connectivity index is 3.12. The molecule has 0 saturated carbocycles. The SMILES string of the molecule is COc1ccc(C(N)=O)c(F)c1. The lowest BCUT2D eigenvalue weighted by atomic mass is 10.2. The van der Waals surface area contributed by atoms with Crippen LogP contribution in [0, 0.1) is 5.82 Å². The van der Waals surface area contributed by atoms with E-state index >= 15 is 0 Å². The van der Waals surface area contributed by atoms with Gasteiger partial charge in [-0.1, -0.05) is 0 Å². The minimum absolute atomic E-state index is 0.129. The number of methoxy groups -OCH3 is 1. The molecule has 4 heteroatoms. The Labute approximate surface area is 68.9 Å². The highest BCUT2D eigenvalue weighted by Crippen LogP contribution is 2.15. The summed E-state index contributed by atoms with van der Waals surface area (Å²) < 4.78 is 17.6. The van der Waals surface area contributed by atoms with Crippen molar-refractivity contribution in [3.05, 3.63) is 29.6 Å². The van der Waals surface area contributed by atoms with E-state index in [9.17, 15) is 9.18 Å². The van der Waals surface area contributed by atoms with Crippen molar-refractivity contribution in [1.29, 1.82) is 0 Å². The molecule has 0 bridgehead atoms. The van der Waals surface area contributed by atoms with Gasteiger partial charge >= 0.3 is 0 Å². The van der Waals surface area contributed by atoms with E-state index in [-0.39, 0.29) is 5.56 Å². The van der Waals surface area contributed by atoms with Crippen LogP contribution in [0.4, 0.5) is 4.39 Å². The zero-order chi connectivity index (χ0) is 9.14. The lowest BCUT2D eigenvalue weighted by Gasteiger charge is -2.01. The zero-order valence-electron chi connectivity index (χ0n) is 6.50. The summed E-state index contributed by atoms with van der Waals surface area (Å²) in [5, 5.41) is 0. The van der Waals surface area contributed by atoms with Gasteiger partial charge in [0, 0.05) is 6.07 Å². The van der Waals surface area contributed by atoms with Gasteiger partial charge in [0.15, 0.2) is 0 Å². The van der Waals surface area contributed by atoms with Crippen molar-refractivity contribution in [2.24, 2.45) is 5.73 Å². The van der Waals surface area contributed by atoms with Gasteiger partial charge in [0.05, 0.1) is 12.7 Å². The van der Waals surface area contributed by atoms with Gasteiger partial charge in [0.1, 0.15) is 11.6 Å². The summed E-state index contributed by atoms with van der Waals surface area (Å²) in [6.45, 7) is 0. The Bertz CT molecular complexity index is 312. The van der Waals surface area contributed by atoms with Gasteiger partial charge < -0.3 is 10.5 Å². The Morgan fingerprint density at radius 3 is 2.67 bits per heavy atom. The van der Waals surface area contributed by atoms with Gasteiger partial charge in [0.2, 0.25) is 0 Å². The molecule has 0 radical (unpaired) electrons. The molecule has 0 heterocycles. The predicted molar refractivity (Wildman–Crippen MR) is 41.5 cm³/mol. The van der Waals surface area contributed by atoms with Crippen LogP contribution in [0.3, 0.4) is 0 Å². The highest BCUT2D eigenvalue weighted by Gasteiger charge is 2.07. The van der Waals surface area contributed by atoms with E-state index in [1.54, 1.807) is 0 Å². The first-order valence-corrected chi connectivity index (χ1v) is 3.28. The molecule has 64 valence electrons. The van der Waals surface area contributed by atoms with Crippen molar-refractivity contribution in [3.63, 3.8) is 0 Å². The third kappa shape index (κ3) is 1.53. The highest BCUT2D eigenvalue weighted by atomic mass is 19.1. The van der Waals surface area contributed by atoms with Crippen LogP contribution >= 0.6 is 0 Å². The number of carbonyl (C=O) groups is 1. The molecule has 0 aliphatic rings. The van der Waals surface area contributed by atoms with Crippen molar-refractivity contribution in [2.75, 3.05) is 7.11 Å². The number of halogens is 1. The maximum atomic E-state index is 12.9. The molecule has 3 nitrogen and oxygen atoms in total. The van der Waals surface area contributed by atoms with Gasteiger partial charge in [-0.25, -0.2) is 4.39 Å². The van der Waals surface area contributed by atoms with Crippen LogP contribution in [0.1, 0.15) is 10.4 Å². The average Bonchev–Trinajstić information content (AvgIpc) is 2.03. The molecule has 0 aliphatic heterocycles. The summed E-state index contributed by atoms with van der Waals surface area (Å²) in [7, 11) is 1.42. The molecule has 1 amide bonds. The Morgan fingerprint density at radius 1 is 1.58 bits per heavy atom. The van der Waals surface area contributed by atoms with E-state index in [2.05, 4.69) is 0 Å². The van der Waals surface area contributed by atoms with Crippen LogP contribution in [0.25, 0.3) is 0 Å². The van der Waals surface area contributed by atoms with E-state index in [1.165, 1.54) is 19.2 Å². The largest absolute Gasteiger partial charge is 0.497 e. The summed E-state index contributed by atoms with van der Waals surface area (Å²) in [6, 6.07) is 3.87. The second kappa shape index (κ2) is 3.21. The van der Waals surface area contributed by atoms with Crippen molar-refractivity contribution in [3.8, 4) is 5.75 Å². The highest BCUT2D eigenvalue weighted by molar-refractivity contribution is 5.93. The first kappa shape index (κ1) is 8.52. The number of rotatable bonds is 2. The Kier molecular flexibility index (Phi) is 2.28. The molecule has 1 rings (SSSR count). The van der Waals surface area contributed by atoms with Gasteiger partial charge in [-0.3, -0.25) is 4.79 Å². The van der Waals surface area contributed by atoms with Crippen molar-refractivity contribution >= 4 is 5.91 Å². The number of carbonyl (C=O) groups excluding carboxylic acids is 1. The molecular weight excluding hydrogens is 161 g/mol. The van der Waals surface area contributed by atoms with E-state index in [0.29, 0.717) is 5.75 Å². The third-order valence-electron chi connectivity index (χ3n) is 1.44. The summed E-state index contributed by atoms with van der Waals surface area (Å²) in [5.74, 6) is -1.09. The molecule has 1 aromatic carbocycles. The molecule has 0 unspecified atom stereocenters. The summed E-state index contributed by atoms with van der Waals surface area (Å²) in [6.07, 6.45) is 0. The quantitative estimate of drug-likeness (QED) is 0.716. The standard InChI is InChI=1S/C8H8FNO2/c1-12-5-2-3-6(8(10)11)7(9)4-5/h2-4H,1H3,(H2,10,11). The van der Waals surface area contributed by atoms with Crippen LogP contribution in [-0.2, 0) is 0 Å². The Morgan fingerprint density at radius 2 is 2.25 bits per heavy atom. The molecule has 2 N–H and O–H groups in total. The van der Waals surface area contributed by atoms with E-state index in [4.69, 9.17) is 10.5 Å². The lowest BCUT2D eigenvalue weighted by Crippen LogP contribution is -2.12. The predicted octanol–water partition coefficient (Wildman–Crippen LogP) is 0.933. The first-order chi connectivity index (χ1) is 5.65. The summed E-state index contributed by atoms with van der Waals surface area (Å²) in [4.78, 5) is 10.6.